The Kier molecular flexibility index (Phi) is 2.70. The number of hydrogen-bond acceptors (Lipinski definition) is 3. The molecular formula is C6H5BrF3NOS. The molecule has 0 amide bonds. The summed E-state index contributed by atoms with van der Waals surface area (Å²) in [6, 6.07) is 0. The van der Waals surface area contributed by atoms with Crippen molar-refractivity contribution < 1.29 is 18.3 Å². The van der Waals surface area contributed by atoms with Crippen LogP contribution in [0.2, 0.25) is 0 Å². The summed E-state index contributed by atoms with van der Waals surface area (Å²) in [4.78, 5) is 3.34. The van der Waals surface area contributed by atoms with Crippen LogP contribution in [0.1, 0.15) is 11.8 Å². The van der Waals surface area contributed by atoms with Crippen LogP contribution in [0.3, 0.4) is 0 Å². The predicted octanol–water partition coefficient (Wildman–Crippen LogP) is 2.68. The fourth-order valence-electron chi connectivity index (χ4n) is 0.618. The molecule has 2 nitrogen and oxygen atoms in total. The summed E-state index contributed by atoms with van der Waals surface area (Å²) in [6.07, 6.45) is -3.68. The molecular weight excluding hydrogens is 271 g/mol. The zero-order valence-corrected chi connectivity index (χ0v) is 8.79. The number of alkyl halides is 3. The Morgan fingerprint density at radius 3 is 2.38 bits per heavy atom. The first kappa shape index (κ1) is 10.9. The zero-order chi connectivity index (χ0) is 10.3. The van der Waals surface area contributed by atoms with Crippen LogP contribution in [0.4, 0.5) is 13.2 Å². The molecule has 1 N–H and O–H groups in total. The highest BCUT2D eigenvalue weighted by atomic mass is 79.9. The van der Waals surface area contributed by atoms with Gasteiger partial charge in [-0.3, -0.25) is 0 Å². The van der Waals surface area contributed by atoms with E-state index in [1.54, 1.807) is 0 Å². The summed E-state index contributed by atoms with van der Waals surface area (Å²) in [7, 11) is 0. The second kappa shape index (κ2) is 3.21. The van der Waals surface area contributed by atoms with Gasteiger partial charge < -0.3 is 5.11 Å². The van der Waals surface area contributed by atoms with Crippen molar-refractivity contribution in [2.24, 2.45) is 0 Å². The van der Waals surface area contributed by atoms with E-state index in [1.165, 1.54) is 0 Å². The van der Waals surface area contributed by atoms with E-state index in [2.05, 4.69) is 20.9 Å². The van der Waals surface area contributed by atoms with E-state index in [-0.39, 0.29) is 4.88 Å². The molecule has 0 aliphatic carbocycles. The quantitative estimate of drug-likeness (QED) is 0.855. The maximum atomic E-state index is 12.2. The Bertz CT molecular complexity index is 309. The van der Waals surface area contributed by atoms with Crippen molar-refractivity contribution in [2.75, 3.05) is 0 Å². The van der Waals surface area contributed by atoms with E-state index in [1.807, 2.05) is 0 Å². The summed E-state index contributed by atoms with van der Waals surface area (Å²) < 4.78 is 37.0. The molecule has 0 aromatic carbocycles. The third kappa shape index (κ3) is 2.03. The van der Waals surface area contributed by atoms with Crippen molar-refractivity contribution in [1.29, 1.82) is 0 Å². The lowest BCUT2D eigenvalue weighted by Gasteiger charge is -2.24. The van der Waals surface area contributed by atoms with Crippen LogP contribution in [0.25, 0.3) is 0 Å². The first-order chi connectivity index (χ1) is 5.75. The fraction of sp³-hybridized carbons (Fsp3) is 0.500. The third-order valence-corrected chi connectivity index (χ3v) is 3.20. The average molecular weight is 276 g/mol. The second-order valence-electron chi connectivity index (χ2n) is 2.55. The van der Waals surface area contributed by atoms with Crippen LogP contribution in [0.15, 0.2) is 10.1 Å². The van der Waals surface area contributed by atoms with E-state index in [0.717, 1.165) is 17.5 Å². The van der Waals surface area contributed by atoms with Gasteiger partial charge in [-0.05, 0) is 22.9 Å². The maximum Gasteiger partial charge on any atom is 0.422 e. The van der Waals surface area contributed by atoms with Gasteiger partial charge in [0.05, 0.1) is 4.88 Å². The molecule has 0 aliphatic rings. The fourth-order valence-corrected chi connectivity index (χ4v) is 1.95. The van der Waals surface area contributed by atoms with E-state index in [0.29, 0.717) is 10.8 Å². The number of hydrogen-bond donors (Lipinski definition) is 1. The molecule has 0 radical (unpaired) electrons. The van der Waals surface area contributed by atoms with Gasteiger partial charge in [-0.1, -0.05) is 0 Å². The van der Waals surface area contributed by atoms with Gasteiger partial charge >= 0.3 is 6.18 Å². The standard InChI is InChI=1S/C6H5BrF3NOS/c1-5(12,6(8,9)10)3-2-11-4(7)13-3/h2,12H,1H3/t5-/m0/s1. The second-order valence-corrected chi connectivity index (χ2v) is 4.85. The minimum atomic E-state index is -4.68. The number of thiazole rings is 1. The Hall–Kier alpha value is -0.140. The van der Waals surface area contributed by atoms with Crippen molar-refractivity contribution in [3.8, 4) is 0 Å². The van der Waals surface area contributed by atoms with Gasteiger partial charge in [0.2, 0.25) is 0 Å². The molecule has 1 rings (SSSR count). The highest BCUT2D eigenvalue weighted by molar-refractivity contribution is 9.11. The Balaban J connectivity index is 3.07. The number of aliphatic hydroxyl groups is 1. The summed E-state index contributed by atoms with van der Waals surface area (Å²) in [6.45, 7) is 0.701. The molecule has 1 aromatic rings. The van der Waals surface area contributed by atoms with Crippen LogP contribution in [-0.2, 0) is 5.60 Å². The van der Waals surface area contributed by atoms with Crippen LogP contribution in [-0.4, -0.2) is 16.3 Å². The number of halogens is 4. The van der Waals surface area contributed by atoms with Crippen molar-refractivity contribution >= 4 is 27.3 Å². The molecule has 0 aliphatic heterocycles. The molecule has 1 atom stereocenters. The summed E-state index contributed by atoms with van der Waals surface area (Å²) in [5, 5.41) is 9.16. The smallest absolute Gasteiger partial charge is 0.376 e. The van der Waals surface area contributed by atoms with Crippen LogP contribution in [0, 0.1) is 0 Å². The monoisotopic (exact) mass is 275 g/mol. The largest absolute Gasteiger partial charge is 0.422 e. The highest BCUT2D eigenvalue weighted by Crippen LogP contribution is 2.41. The predicted molar refractivity (Wildman–Crippen MR) is 45.4 cm³/mol. The molecule has 0 saturated heterocycles. The van der Waals surface area contributed by atoms with Crippen molar-refractivity contribution in [1.82, 2.24) is 4.98 Å². The number of rotatable bonds is 1. The van der Waals surface area contributed by atoms with Gasteiger partial charge in [0.1, 0.15) is 0 Å². The Labute approximate surface area is 84.5 Å². The molecule has 13 heavy (non-hydrogen) atoms. The van der Waals surface area contributed by atoms with E-state index >= 15 is 0 Å². The number of aromatic nitrogens is 1. The maximum absolute atomic E-state index is 12.2. The minimum Gasteiger partial charge on any atom is -0.376 e. The van der Waals surface area contributed by atoms with Gasteiger partial charge in [-0.2, -0.15) is 13.2 Å². The lowest BCUT2D eigenvalue weighted by atomic mass is 10.1. The molecule has 0 bridgehead atoms. The first-order valence-electron chi connectivity index (χ1n) is 3.16. The molecule has 74 valence electrons. The van der Waals surface area contributed by atoms with E-state index in [4.69, 9.17) is 5.11 Å². The van der Waals surface area contributed by atoms with Gasteiger partial charge in [0.15, 0.2) is 9.52 Å². The van der Waals surface area contributed by atoms with Gasteiger partial charge in [0.25, 0.3) is 0 Å². The highest BCUT2D eigenvalue weighted by Gasteiger charge is 2.52. The summed E-state index contributed by atoms with van der Waals surface area (Å²) in [5.41, 5.74) is -2.82. The molecule has 0 spiro atoms. The topological polar surface area (TPSA) is 33.1 Å². The molecule has 7 heteroatoms. The number of nitrogens with zero attached hydrogens (tertiary/aromatic N) is 1. The molecule has 1 aromatic heterocycles. The lowest BCUT2D eigenvalue weighted by Crippen LogP contribution is -2.38. The minimum absolute atomic E-state index is 0.230. The summed E-state index contributed by atoms with van der Waals surface area (Å²) in [5.74, 6) is 0. The van der Waals surface area contributed by atoms with Gasteiger partial charge in [-0.25, -0.2) is 4.98 Å². The molecule has 0 unspecified atom stereocenters. The molecule has 0 saturated carbocycles. The lowest BCUT2D eigenvalue weighted by molar-refractivity contribution is -0.257. The SMILES string of the molecule is C[C@](O)(c1cnc(Br)s1)C(F)(F)F. The van der Waals surface area contributed by atoms with Gasteiger partial charge in [-0.15, -0.1) is 11.3 Å². The van der Waals surface area contributed by atoms with Gasteiger partial charge in [0, 0.05) is 6.20 Å². The van der Waals surface area contributed by atoms with Crippen molar-refractivity contribution in [2.45, 2.75) is 18.7 Å². The van der Waals surface area contributed by atoms with Crippen LogP contribution in [0.5, 0.6) is 0 Å². The summed E-state index contributed by atoms with van der Waals surface area (Å²) >= 11 is 3.68. The van der Waals surface area contributed by atoms with E-state index < -0.39 is 11.8 Å². The zero-order valence-electron chi connectivity index (χ0n) is 6.39. The molecule has 0 fully saturated rings. The first-order valence-corrected chi connectivity index (χ1v) is 4.77. The van der Waals surface area contributed by atoms with Crippen LogP contribution < -0.4 is 0 Å². The van der Waals surface area contributed by atoms with Crippen molar-refractivity contribution in [3.05, 3.63) is 15.0 Å². The van der Waals surface area contributed by atoms with Crippen LogP contribution >= 0.6 is 27.3 Å². The van der Waals surface area contributed by atoms with Crippen molar-refractivity contribution in [3.63, 3.8) is 0 Å². The Morgan fingerprint density at radius 2 is 2.08 bits per heavy atom. The third-order valence-electron chi connectivity index (χ3n) is 1.51. The Morgan fingerprint density at radius 1 is 1.54 bits per heavy atom. The average Bonchev–Trinajstić information content (AvgIpc) is 2.33. The van der Waals surface area contributed by atoms with E-state index in [9.17, 15) is 13.2 Å². The molecule has 1 heterocycles. The normalized spacial score (nSPS) is 17.1.